The average molecular weight is 263 g/mol. The van der Waals surface area contributed by atoms with Crippen molar-refractivity contribution in [3.63, 3.8) is 0 Å². The Morgan fingerprint density at radius 1 is 1.17 bits per heavy atom. The number of nitrogens with zero attached hydrogens (tertiary/aromatic N) is 2. The molecule has 18 heavy (non-hydrogen) atoms. The summed E-state index contributed by atoms with van der Waals surface area (Å²) >= 11 is 5.59. The van der Waals surface area contributed by atoms with E-state index in [-0.39, 0.29) is 11.2 Å². The van der Waals surface area contributed by atoms with E-state index in [1.54, 1.807) is 18.2 Å². The normalized spacial score (nSPS) is 9.89. The summed E-state index contributed by atoms with van der Waals surface area (Å²) in [5.74, 6) is 0.338. The summed E-state index contributed by atoms with van der Waals surface area (Å²) < 4.78 is 0. The molecule has 92 valence electrons. The highest BCUT2D eigenvalue weighted by Gasteiger charge is 2.03. The third-order valence-corrected chi connectivity index (χ3v) is 2.35. The summed E-state index contributed by atoms with van der Waals surface area (Å²) in [6, 6.07) is 10.2. The molecule has 2 rings (SSSR count). The zero-order chi connectivity index (χ0) is 13.0. The van der Waals surface area contributed by atoms with Crippen LogP contribution in [-0.4, -0.2) is 16.2 Å². The lowest BCUT2D eigenvalue weighted by Crippen LogP contribution is -2.20. The van der Waals surface area contributed by atoms with E-state index in [0.29, 0.717) is 5.82 Å². The van der Waals surface area contributed by atoms with Gasteiger partial charge in [-0.1, -0.05) is 23.7 Å². The summed E-state index contributed by atoms with van der Waals surface area (Å²) in [5.41, 5.74) is 1.79. The number of anilines is 2. The van der Waals surface area contributed by atoms with Gasteiger partial charge in [0.05, 0.1) is 0 Å². The molecular formula is C12H11ClN4O. The largest absolute Gasteiger partial charge is 0.324 e. The number of carbonyl (C=O) groups is 1. The zero-order valence-electron chi connectivity index (χ0n) is 9.64. The van der Waals surface area contributed by atoms with Crippen molar-refractivity contribution in [3.8, 4) is 0 Å². The van der Waals surface area contributed by atoms with Crippen molar-refractivity contribution in [2.75, 3.05) is 10.6 Å². The molecular weight excluding hydrogens is 252 g/mol. The van der Waals surface area contributed by atoms with E-state index in [4.69, 9.17) is 11.6 Å². The molecule has 0 unspecified atom stereocenters. The van der Waals surface area contributed by atoms with Gasteiger partial charge in [0.25, 0.3) is 0 Å². The molecule has 0 bridgehead atoms. The molecule has 0 aliphatic heterocycles. The first-order valence-corrected chi connectivity index (χ1v) is 5.65. The van der Waals surface area contributed by atoms with Crippen molar-refractivity contribution in [1.82, 2.24) is 10.2 Å². The van der Waals surface area contributed by atoms with Gasteiger partial charge in [-0.15, -0.1) is 10.2 Å². The second-order valence-electron chi connectivity index (χ2n) is 3.69. The second-order valence-corrected chi connectivity index (χ2v) is 4.08. The van der Waals surface area contributed by atoms with Crippen molar-refractivity contribution in [2.45, 2.75) is 6.92 Å². The summed E-state index contributed by atoms with van der Waals surface area (Å²) in [6.07, 6.45) is 0. The van der Waals surface area contributed by atoms with Crippen LogP contribution in [0.2, 0.25) is 5.15 Å². The summed E-state index contributed by atoms with van der Waals surface area (Å²) in [4.78, 5) is 11.7. The molecule has 0 saturated heterocycles. The first-order chi connectivity index (χ1) is 8.63. The first-order valence-electron chi connectivity index (χ1n) is 5.27. The van der Waals surface area contributed by atoms with Crippen LogP contribution in [0.15, 0.2) is 36.4 Å². The Morgan fingerprint density at radius 2 is 2.00 bits per heavy atom. The van der Waals surface area contributed by atoms with Gasteiger partial charge < -0.3 is 5.32 Å². The van der Waals surface area contributed by atoms with Crippen LogP contribution < -0.4 is 10.6 Å². The van der Waals surface area contributed by atoms with Gasteiger partial charge in [-0.3, -0.25) is 5.32 Å². The first kappa shape index (κ1) is 12.3. The number of aromatic nitrogens is 2. The molecule has 1 aromatic heterocycles. The molecule has 5 nitrogen and oxygen atoms in total. The highest BCUT2D eigenvalue weighted by Crippen LogP contribution is 2.10. The van der Waals surface area contributed by atoms with E-state index < -0.39 is 0 Å². The molecule has 2 N–H and O–H groups in total. The summed E-state index contributed by atoms with van der Waals surface area (Å²) in [6.45, 7) is 1.95. The number of aryl methyl sites for hydroxylation is 1. The van der Waals surface area contributed by atoms with E-state index >= 15 is 0 Å². The number of benzene rings is 1. The summed E-state index contributed by atoms with van der Waals surface area (Å²) in [5, 5.41) is 12.9. The maximum Gasteiger partial charge on any atom is 0.324 e. The predicted molar refractivity (Wildman–Crippen MR) is 70.9 cm³/mol. The molecule has 2 amide bonds. The van der Waals surface area contributed by atoms with Gasteiger partial charge in [0.15, 0.2) is 11.0 Å². The fourth-order valence-electron chi connectivity index (χ4n) is 1.38. The highest BCUT2D eigenvalue weighted by molar-refractivity contribution is 6.29. The number of amides is 2. The Morgan fingerprint density at radius 3 is 2.67 bits per heavy atom. The lowest BCUT2D eigenvalue weighted by molar-refractivity contribution is 0.262. The van der Waals surface area contributed by atoms with E-state index in [1.807, 2.05) is 25.1 Å². The average Bonchev–Trinajstić information content (AvgIpc) is 2.32. The van der Waals surface area contributed by atoms with Crippen molar-refractivity contribution in [1.29, 1.82) is 0 Å². The molecule has 0 radical (unpaired) electrons. The molecule has 0 aliphatic carbocycles. The minimum absolute atomic E-state index is 0.277. The smallest absolute Gasteiger partial charge is 0.308 e. The molecule has 6 heteroatoms. The molecule has 0 aliphatic rings. The fraction of sp³-hybridized carbons (Fsp3) is 0.0833. The fourth-order valence-corrected chi connectivity index (χ4v) is 1.48. The SMILES string of the molecule is Cc1cccc(NC(=O)Nc2ccc(Cl)nn2)c1. The molecule has 0 saturated carbocycles. The van der Waals surface area contributed by atoms with Crippen molar-refractivity contribution >= 4 is 29.1 Å². The Bertz CT molecular complexity index is 556. The Labute approximate surface area is 109 Å². The van der Waals surface area contributed by atoms with Crippen LogP contribution >= 0.6 is 11.6 Å². The van der Waals surface area contributed by atoms with Crippen molar-refractivity contribution in [2.24, 2.45) is 0 Å². The number of hydrogen-bond donors (Lipinski definition) is 2. The monoisotopic (exact) mass is 262 g/mol. The maximum absolute atomic E-state index is 11.7. The highest BCUT2D eigenvalue weighted by atomic mass is 35.5. The number of urea groups is 1. The molecule has 1 heterocycles. The van der Waals surface area contributed by atoms with E-state index in [9.17, 15) is 4.79 Å². The molecule has 2 aromatic rings. The van der Waals surface area contributed by atoms with Gasteiger partial charge in [-0.25, -0.2) is 4.79 Å². The summed E-state index contributed by atoms with van der Waals surface area (Å²) in [7, 11) is 0. The van der Waals surface area contributed by atoms with Crippen LogP contribution in [0.1, 0.15) is 5.56 Å². The quantitative estimate of drug-likeness (QED) is 0.874. The van der Waals surface area contributed by atoms with E-state index in [0.717, 1.165) is 11.3 Å². The maximum atomic E-state index is 11.7. The number of halogens is 1. The molecule has 1 aromatic carbocycles. The number of rotatable bonds is 2. The van der Waals surface area contributed by atoms with Crippen molar-refractivity contribution < 1.29 is 4.79 Å². The molecule has 0 spiro atoms. The Hall–Kier alpha value is -2.14. The Balaban J connectivity index is 1.98. The number of nitrogens with one attached hydrogen (secondary N) is 2. The van der Waals surface area contributed by atoms with E-state index in [1.165, 1.54) is 0 Å². The van der Waals surface area contributed by atoms with Gasteiger partial charge in [-0.2, -0.15) is 0 Å². The lowest BCUT2D eigenvalue weighted by atomic mass is 10.2. The standard InChI is InChI=1S/C12H11ClN4O/c1-8-3-2-4-9(7-8)14-12(18)15-11-6-5-10(13)16-17-11/h2-7H,1H3,(H2,14,15,17,18). The molecule has 0 fully saturated rings. The van der Waals surface area contributed by atoms with E-state index in [2.05, 4.69) is 20.8 Å². The van der Waals surface area contributed by atoms with Crippen LogP contribution in [-0.2, 0) is 0 Å². The van der Waals surface area contributed by atoms with Gasteiger partial charge in [-0.05, 0) is 36.8 Å². The van der Waals surface area contributed by atoms with Crippen LogP contribution in [0.25, 0.3) is 0 Å². The van der Waals surface area contributed by atoms with Crippen LogP contribution in [0, 0.1) is 6.92 Å². The number of carbonyl (C=O) groups excluding carboxylic acids is 1. The van der Waals surface area contributed by atoms with Gasteiger partial charge in [0.1, 0.15) is 0 Å². The van der Waals surface area contributed by atoms with Gasteiger partial charge in [0.2, 0.25) is 0 Å². The zero-order valence-corrected chi connectivity index (χ0v) is 10.4. The van der Waals surface area contributed by atoms with Crippen LogP contribution in [0.4, 0.5) is 16.3 Å². The predicted octanol–water partition coefficient (Wildman–Crippen LogP) is 3.08. The minimum Gasteiger partial charge on any atom is -0.308 e. The van der Waals surface area contributed by atoms with Crippen molar-refractivity contribution in [3.05, 3.63) is 47.1 Å². The van der Waals surface area contributed by atoms with Crippen LogP contribution in [0.3, 0.4) is 0 Å². The van der Waals surface area contributed by atoms with Crippen LogP contribution in [0.5, 0.6) is 0 Å². The second kappa shape index (κ2) is 5.46. The minimum atomic E-state index is -0.378. The van der Waals surface area contributed by atoms with Gasteiger partial charge >= 0.3 is 6.03 Å². The Kier molecular flexibility index (Phi) is 3.74. The topological polar surface area (TPSA) is 66.9 Å². The third kappa shape index (κ3) is 3.43. The number of hydrogen-bond acceptors (Lipinski definition) is 3. The van der Waals surface area contributed by atoms with Gasteiger partial charge in [0, 0.05) is 5.69 Å². The third-order valence-electron chi connectivity index (χ3n) is 2.15. The lowest BCUT2D eigenvalue weighted by Gasteiger charge is -2.06. The molecule has 0 atom stereocenters.